The first-order chi connectivity index (χ1) is 12.6. The van der Waals surface area contributed by atoms with Crippen molar-refractivity contribution in [3.05, 3.63) is 89.6 Å². The van der Waals surface area contributed by atoms with Crippen LogP contribution in [-0.4, -0.2) is 18.0 Å². The van der Waals surface area contributed by atoms with Crippen molar-refractivity contribution in [2.75, 3.05) is 5.32 Å². The molecule has 2 aromatic carbocycles. The number of furan rings is 1. The molecular formula is C19H14FN3O3. The zero-order valence-corrected chi connectivity index (χ0v) is 13.5. The Kier molecular flexibility index (Phi) is 5.19. The van der Waals surface area contributed by atoms with E-state index >= 15 is 0 Å². The smallest absolute Gasteiger partial charge is 0.291 e. The molecule has 0 saturated carbocycles. The summed E-state index contributed by atoms with van der Waals surface area (Å²) in [6.07, 6.45) is 2.82. The fourth-order valence-corrected chi connectivity index (χ4v) is 2.08. The molecule has 0 radical (unpaired) electrons. The summed E-state index contributed by atoms with van der Waals surface area (Å²) in [5.74, 6) is -0.935. The van der Waals surface area contributed by atoms with Crippen LogP contribution in [0, 0.1) is 5.82 Å². The van der Waals surface area contributed by atoms with E-state index in [-0.39, 0.29) is 17.5 Å². The number of nitrogens with zero attached hydrogens (tertiary/aromatic N) is 1. The first kappa shape index (κ1) is 17.1. The Morgan fingerprint density at radius 3 is 2.35 bits per heavy atom. The molecule has 1 heterocycles. The number of hydrazone groups is 1. The van der Waals surface area contributed by atoms with Crippen LogP contribution in [0.25, 0.3) is 0 Å². The standard InChI is InChI=1S/C19H14FN3O3/c20-15-7-3-13(4-8-15)12-21-23-18(24)14-5-9-16(10-6-14)22-19(25)17-2-1-11-26-17/h1-12H,(H,22,25)(H,23,24)/b21-12-. The number of nitrogens with one attached hydrogen (secondary N) is 2. The highest BCUT2D eigenvalue weighted by Gasteiger charge is 2.09. The lowest BCUT2D eigenvalue weighted by atomic mass is 10.2. The summed E-state index contributed by atoms with van der Waals surface area (Å²) in [5.41, 5.74) is 3.93. The van der Waals surface area contributed by atoms with Gasteiger partial charge in [-0.2, -0.15) is 5.10 Å². The van der Waals surface area contributed by atoms with Crippen molar-refractivity contribution in [1.29, 1.82) is 0 Å². The zero-order valence-electron chi connectivity index (χ0n) is 13.5. The SMILES string of the molecule is O=C(N/N=C\c1ccc(F)cc1)c1ccc(NC(=O)c2ccco2)cc1. The van der Waals surface area contributed by atoms with Gasteiger partial charge in [-0.25, -0.2) is 9.82 Å². The summed E-state index contributed by atoms with van der Waals surface area (Å²) in [7, 11) is 0. The Morgan fingerprint density at radius 1 is 0.962 bits per heavy atom. The fraction of sp³-hybridized carbons (Fsp3) is 0. The van der Waals surface area contributed by atoms with Gasteiger partial charge in [-0.1, -0.05) is 12.1 Å². The third kappa shape index (κ3) is 4.41. The van der Waals surface area contributed by atoms with Gasteiger partial charge < -0.3 is 9.73 Å². The number of halogens is 1. The highest BCUT2D eigenvalue weighted by atomic mass is 19.1. The predicted octanol–water partition coefficient (Wildman–Crippen LogP) is 3.43. The monoisotopic (exact) mass is 351 g/mol. The van der Waals surface area contributed by atoms with Crippen LogP contribution in [0.5, 0.6) is 0 Å². The van der Waals surface area contributed by atoms with Crippen molar-refractivity contribution in [1.82, 2.24) is 5.43 Å². The maximum atomic E-state index is 12.8. The fourth-order valence-electron chi connectivity index (χ4n) is 2.08. The van der Waals surface area contributed by atoms with Crippen molar-refractivity contribution in [3.63, 3.8) is 0 Å². The van der Waals surface area contributed by atoms with Crippen molar-refractivity contribution in [3.8, 4) is 0 Å². The molecular weight excluding hydrogens is 337 g/mol. The number of anilines is 1. The van der Waals surface area contributed by atoms with Gasteiger partial charge in [-0.15, -0.1) is 0 Å². The Hall–Kier alpha value is -3.74. The number of amides is 2. The van der Waals surface area contributed by atoms with Crippen molar-refractivity contribution >= 4 is 23.7 Å². The van der Waals surface area contributed by atoms with Gasteiger partial charge in [0.15, 0.2) is 5.76 Å². The van der Waals surface area contributed by atoms with Crippen molar-refractivity contribution in [2.45, 2.75) is 0 Å². The van der Waals surface area contributed by atoms with Crippen LogP contribution in [-0.2, 0) is 0 Å². The third-order valence-corrected chi connectivity index (χ3v) is 3.40. The Bertz CT molecular complexity index is 918. The quantitative estimate of drug-likeness (QED) is 0.546. The zero-order chi connectivity index (χ0) is 18.4. The van der Waals surface area contributed by atoms with Gasteiger partial charge in [0.05, 0.1) is 12.5 Å². The average molecular weight is 351 g/mol. The topological polar surface area (TPSA) is 83.7 Å². The molecule has 0 saturated heterocycles. The second-order valence-electron chi connectivity index (χ2n) is 5.26. The number of hydrogen-bond acceptors (Lipinski definition) is 4. The van der Waals surface area contributed by atoms with Crippen molar-refractivity contribution in [2.24, 2.45) is 5.10 Å². The molecule has 130 valence electrons. The van der Waals surface area contributed by atoms with Crippen LogP contribution in [0.4, 0.5) is 10.1 Å². The van der Waals surface area contributed by atoms with Gasteiger partial charge >= 0.3 is 0 Å². The van der Waals surface area contributed by atoms with Crippen LogP contribution < -0.4 is 10.7 Å². The van der Waals surface area contributed by atoms with E-state index in [1.54, 1.807) is 48.5 Å². The van der Waals surface area contributed by atoms with Crippen LogP contribution in [0.2, 0.25) is 0 Å². The Labute approximate surface area is 148 Å². The van der Waals surface area contributed by atoms with Crippen LogP contribution in [0.3, 0.4) is 0 Å². The summed E-state index contributed by atoms with van der Waals surface area (Å²) < 4.78 is 17.8. The summed E-state index contributed by atoms with van der Waals surface area (Å²) >= 11 is 0. The van der Waals surface area contributed by atoms with E-state index < -0.39 is 5.91 Å². The van der Waals surface area contributed by atoms with Crippen LogP contribution in [0.1, 0.15) is 26.5 Å². The minimum absolute atomic E-state index is 0.196. The molecule has 3 rings (SSSR count). The van der Waals surface area contributed by atoms with E-state index in [4.69, 9.17) is 4.42 Å². The third-order valence-electron chi connectivity index (χ3n) is 3.40. The average Bonchev–Trinajstić information content (AvgIpc) is 3.19. The molecule has 2 N–H and O–H groups in total. The molecule has 0 bridgehead atoms. The van der Waals surface area contributed by atoms with E-state index in [9.17, 15) is 14.0 Å². The van der Waals surface area contributed by atoms with Gasteiger partial charge in [0.1, 0.15) is 5.82 Å². The maximum absolute atomic E-state index is 12.8. The molecule has 3 aromatic rings. The lowest BCUT2D eigenvalue weighted by molar-refractivity contribution is 0.0954. The van der Waals surface area contributed by atoms with E-state index in [1.807, 2.05) is 0 Å². The van der Waals surface area contributed by atoms with E-state index in [2.05, 4.69) is 15.8 Å². The molecule has 6 nitrogen and oxygen atoms in total. The minimum atomic E-state index is -0.410. The van der Waals surface area contributed by atoms with Crippen molar-refractivity contribution < 1.29 is 18.4 Å². The first-order valence-electron chi connectivity index (χ1n) is 7.66. The van der Waals surface area contributed by atoms with E-state index in [0.29, 0.717) is 16.8 Å². The van der Waals surface area contributed by atoms with Gasteiger partial charge in [0.25, 0.3) is 11.8 Å². The summed E-state index contributed by atoms with van der Waals surface area (Å²) in [6.45, 7) is 0. The number of carbonyl (C=O) groups is 2. The molecule has 0 spiro atoms. The number of hydrogen-bond donors (Lipinski definition) is 2. The van der Waals surface area contributed by atoms with E-state index in [1.165, 1.54) is 24.6 Å². The van der Waals surface area contributed by atoms with Gasteiger partial charge in [-0.05, 0) is 54.1 Å². The number of rotatable bonds is 5. The number of benzene rings is 2. The lowest BCUT2D eigenvalue weighted by Gasteiger charge is -2.04. The van der Waals surface area contributed by atoms with Crippen LogP contribution >= 0.6 is 0 Å². The van der Waals surface area contributed by atoms with Gasteiger partial charge in [0, 0.05) is 11.3 Å². The molecule has 0 aliphatic heterocycles. The molecule has 0 unspecified atom stereocenters. The molecule has 2 amide bonds. The Morgan fingerprint density at radius 2 is 1.69 bits per heavy atom. The van der Waals surface area contributed by atoms with Crippen LogP contribution in [0.15, 0.2) is 76.4 Å². The molecule has 1 aromatic heterocycles. The molecule has 0 aliphatic rings. The lowest BCUT2D eigenvalue weighted by Crippen LogP contribution is -2.17. The summed E-state index contributed by atoms with van der Waals surface area (Å²) in [4.78, 5) is 23.9. The largest absolute Gasteiger partial charge is 0.459 e. The highest BCUT2D eigenvalue weighted by molar-refractivity contribution is 6.02. The molecule has 7 heteroatoms. The molecule has 0 atom stereocenters. The summed E-state index contributed by atoms with van der Waals surface area (Å²) in [5, 5.41) is 6.48. The molecule has 0 aliphatic carbocycles. The summed E-state index contributed by atoms with van der Waals surface area (Å²) in [6, 6.07) is 15.2. The predicted molar refractivity (Wildman–Crippen MR) is 94.6 cm³/mol. The normalized spacial score (nSPS) is 10.7. The van der Waals surface area contributed by atoms with Gasteiger partial charge in [-0.3, -0.25) is 9.59 Å². The number of carbonyl (C=O) groups excluding carboxylic acids is 2. The first-order valence-corrected chi connectivity index (χ1v) is 7.66. The molecule has 0 fully saturated rings. The molecule has 26 heavy (non-hydrogen) atoms. The highest BCUT2D eigenvalue weighted by Crippen LogP contribution is 2.12. The second kappa shape index (κ2) is 7.89. The Balaban J connectivity index is 1.56. The van der Waals surface area contributed by atoms with E-state index in [0.717, 1.165) is 0 Å². The van der Waals surface area contributed by atoms with Gasteiger partial charge in [0.2, 0.25) is 0 Å². The minimum Gasteiger partial charge on any atom is -0.459 e. The maximum Gasteiger partial charge on any atom is 0.291 e. The second-order valence-corrected chi connectivity index (χ2v) is 5.26.